The Morgan fingerprint density at radius 1 is 1.11 bits per heavy atom. The number of aromatic amines is 2. The van der Waals surface area contributed by atoms with E-state index in [1.165, 1.54) is 24.4 Å². The molecule has 0 saturated carbocycles. The van der Waals surface area contributed by atoms with E-state index in [1.807, 2.05) is 0 Å². The summed E-state index contributed by atoms with van der Waals surface area (Å²) in [6.45, 7) is 3.98. The molecule has 8 heteroatoms. The van der Waals surface area contributed by atoms with Gasteiger partial charge in [-0.25, -0.2) is 9.18 Å². The second-order valence-electron chi connectivity index (χ2n) is 6.03. The third kappa shape index (κ3) is 3.11. The molecule has 0 unspecified atom stereocenters. The molecule has 0 amide bonds. The van der Waals surface area contributed by atoms with Gasteiger partial charge in [-0.3, -0.25) is 4.79 Å². The summed E-state index contributed by atoms with van der Waals surface area (Å²) in [4.78, 5) is 30.5. The average molecular weight is 378 g/mol. The van der Waals surface area contributed by atoms with Crippen LogP contribution in [0.25, 0.3) is 21.9 Å². The lowest BCUT2D eigenvalue weighted by Crippen LogP contribution is -2.32. The Bertz CT molecular complexity index is 1330. The zero-order valence-corrected chi connectivity index (χ0v) is 14.6. The van der Waals surface area contributed by atoms with Crippen LogP contribution in [0.2, 0.25) is 0 Å². The van der Waals surface area contributed by atoms with Gasteiger partial charge in [0.2, 0.25) is 0 Å². The van der Waals surface area contributed by atoms with Gasteiger partial charge in [0.1, 0.15) is 23.7 Å². The predicted molar refractivity (Wildman–Crippen MR) is 106 cm³/mol. The maximum absolute atomic E-state index is 13.5. The lowest BCUT2D eigenvalue weighted by Gasteiger charge is -2.02. The highest BCUT2D eigenvalue weighted by Crippen LogP contribution is 2.21. The van der Waals surface area contributed by atoms with Crippen LogP contribution in [-0.4, -0.2) is 27.5 Å². The van der Waals surface area contributed by atoms with E-state index in [1.54, 1.807) is 30.3 Å². The number of fused-ring (bicyclic) bond motifs is 3. The molecule has 140 valence electrons. The molecule has 0 atom stereocenters. The summed E-state index contributed by atoms with van der Waals surface area (Å²) in [6, 6.07) is 11.0. The highest BCUT2D eigenvalue weighted by Gasteiger charge is 2.13. The van der Waals surface area contributed by atoms with Crippen molar-refractivity contribution < 1.29 is 9.13 Å². The van der Waals surface area contributed by atoms with Crippen molar-refractivity contribution in [2.24, 2.45) is 5.10 Å². The van der Waals surface area contributed by atoms with Crippen LogP contribution < -0.4 is 16.0 Å². The van der Waals surface area contributed by atoms with Gasteiger partial charge in [-0.1, -0.05) is 12.7 Å². The van der Waals surface area contributed by atoms with E-state index < -0.39 is 17.1 Å². The monoisotopic (exact) mass is 378 g/mol. The standard InChI is InChI=1S/C20H15FN4O3/c1-2-9-28-14-6-3-12(4-7-14)11-22-25-19(26)18-17(24-20(25)27)15-10-13(21)5-8-16(15)23-18/h2-8,10-11,23H,1,9H2,(H,24,27)/b22-11-. The lowest BCUT2D eigenvalue weighted by atomic mass is 10.2. The number of nitrogens with zero attached hydrogens (tertiary/aromatic N) is 2. The van der Waals surface area contributed by atoms with E-state index in [0.717, 1.165) is 4.68 Å². The molecule has 0 aliphatic carbocycles. The molecule has 7 nitrogen and oxygen atoms in total. The van der Waals surface area contributed by atoms with Crippen LogP contribution in [0.15, 0.2) is 69.8 Å². The number of hydrogen-bond donors (Lipinski definition) is 2. The second kappa shape index (κ2) is 6.99. The maximum Gasteiger partial charge on any atom is 0.350 e. The molecule has 0 fully saturated rings. The van der Waals surface area contributed by atoms with E-state index in [-0.39, 0.29) is 11.0 Å². The minimum Gasteiger partial charge on any atom is -0.490 e. The summed E-state index contributed by atoms with van der Waals surface area (Å²) in [7, 11) is 0. The lowest BCUT2D eigenvalue weighted by molar-refractivity contribution is 0.363. The Labute approximate surface area is 157 Å². The van der Waals surface area contributed by atoms with Crippen molar-refractivity contribution in [1.82, 2.24) is 14.6 Å². The Balaban J connectivity index is 1.73. The SMILES string of the molecule is C=CCOc1ccc(/C=N\n2c(=O)[nH]c3c([nH]c4ccc(F)cc43)c2=O)cc1. The summed E-state index contributed by atoms with van der Waals surface area (Å²) in [6.07, 6.45) is 3.03. The van der Waals surface area contributed by atoms with Crippen LogP contribution in [-0.2, 0) is 0 Å². The number of benzene rings is 2. The third-order valence-corrected chi connectivity index (χ3v) is 4.16. The van der Waals surface area contributed by atoms with Crippen molar-refractivity contribution in [1.29, 1.82) is 0 Å². The fourth-order valence-corrected chi connectivity index (χ4v) is 2.85. The van der Waals surface area contributed by atoms with Crippen LogP contribution in [0.5, 0.6) is 5.75 Å². The van der Waals surface area contributed by atoms with E-state index in [0.29, 0.717) is 28.8 Å². The predicted octanol–water partition coefficient (Wildman–Crippen LogP) is 2.76. The minimum atomic E-state index is -0.718. The van der Waals surface area contributed by atoms with Crippen molar-refractivity contribution in [3.8, 4) is 5.75 Å². The van der Waals surface area contributed by atoms with E-state index >= 15 is 0 Å². The van der Waals surface area contributed by atoms with Crippen LogP contribution >= 0.6 is 0 Å². The van der Waals surface area contributed by atoms with Crippen LogP contribution in [0, 0.1) is 5.82 Å². The summed E-state index contributed by atoms with van der Waals surface area (Å²) >= 11 is 0. The number of aromatic nitrogens is 3. The Morgan fingerprint density at radius 2 is 1.89 bits per heavy atom. The van der Waals surface area contributed by atoms with Crippen LogP contribution in [0.4, 0.5) is 4.39 Å². The number of H-pyrrole nitrogens is 2. The molecule has 2 aromatic heterocycles. The Morgan fingerprint density at radius 3 is 2.64 bits per heavy atom. The molecule has 4 rings (SSSR count). The van der Waals surface area contributed by atoms with Crippen molar-refractivity contribution in [2.75, 3.05) is 6.61 Å². The molecule has 2 heterocycles. The summed E-state index contributed by atoms with van der Waals surface area (Å²) in [5, 5.41) is 4.42. The van der Waals surface area contributed by atoms with Gasteiger partial charge in [-0.15, -0.1) is 4.68 Å². The highest BCUT2D eigenvalue weighted by atomic mass is 19.1. The molecular weight excluding hydrogens is 363 g/mol. The zero-order chi connectivity index (χ0) is 19.7. The van der Waals surface area contributed by atoms with E-state index in [9.17, 15) is 14.0 Å². The number of hydrogen-bond acceptors (Lipinski definition) is 4. The molecule has 28 heavy (non-hydrogen) atoms. The van der Waals surface area contributed by atoms with Gasteiger partial charge in [-0.05, 0) is 48.0 Å². The first-order valence-electron chi connectivity index (χ1n) is 8.41. The van der Waals surface area contributed by atoms with Gasteiger partial charge >= 0.3 is 11.2 Å². The highest BCUT2D eigenvalue weighted by molar-refractivity contribution is 6.04. The Hall–Kier alpha value is -3.94. The van der Waals surface area contributed by atoms with E-state index in [4.69, 9.17) is 4.74 Å². The quantitative estimate of drug-likeness (QED) is 0.413. The normalized spacial score (nSPS) is 11.5. The zero-order valence-electron chi connectivity index (χ0n) is 14.6. The fraction of sp³-hybridized carbons (Fsp3) is 0.0500. The van der Waals surface area contributed by atoms with Crippen LogP contribution in [0.1, 0.15) is 5.56 Å². The molecule has 2 N–H and O–H groups in total. The van der Waals surface area contributed by atoms with Crippen molar-refractivity contribution in [3.05, 3.63) is 87.3 Å². The molecule has 2 aromatic carbocycles. The molecule has 0 spiro atoms. The smallest absolute Gasteiger partial charge is 0.350 e. The molecule has 0 aliphatic rings. The second-order valence-corrected chi connectivity index (χ2v) is 6.03. The molecule has 4 aromatic rings. The van der Waals surface area contributed by atoms with Gasteiger partial charge in [0.05, 0.1) is 11.7 Å². The Kier molecular flexibility index (Phi) is 4.36. The number of ether oxygens (including phenoxy) is 1. The summed E-state index contributed by atoms with van der Waals surface area (Å²) in [5.41, 5.74) is 0.268. The minimum absolute atomic E-state index is 0.144. The topological polar surface area (TPSA) is 92.2 Å². The van der Waals surface area contributed by atoms with Crippen molar-refractivity contribution in [2.45, 2.75) is 0 Å². The summed E-state index contributed by atoms with van der Waals surface area (Å²) < 4.78 is 19.6. The number of halogens is 1. The average Bonchev–Trinajstić information content (AvgIpc) is 3.05. The largest absolute Gasteiger partial charge is 0.490 e. The first-order valence-corrected chi connectivity index (χ1v) is 8.41. The first kappa shape index (κ1) is 17.5. The van der Waals surface area contributed by atoms with Crippen molar-refractivity contribution in [3.63, 3.8) is 0 Å². The number of rotatable bonds is 5. The fourth-order valence-electron chi connectivity index (χ4n) is 2.85. The van der Waals surface area contributed by atoms with Gasteiger partial charge in [0.15, 0.2) is 0 Å². The van der Waals surface area contributed by atoms with Gasteiger partial charge in [0, 0.05) is 10.9 Å². The van der Waals surface area contributed by atoms with E-state index in [2.05, 4.69) is 21.6 Å². The summed E-state index contributed by atoms with van der Waals surface area (Å²) in [5.74, 6) is 0.204. The third-order valence-electron chi connectivity index (χ3n) is 4.16. The first-order chi connectivity index (χ1) is 13.6. The van der Waals surface area contributed by atoms with Crippen LogP contribution in [0.3, 0.4) is 0 Å². The molecular formula is C20H15FN4O3. The van der Waals surface area contributed by atoms with Crippen molar-refractivity contribution >= 4 is 28.2 Å². The van der Waals surface area contributed by atoms with Gasteiger partial charge in [0.25, 0.3) is 0 Å². The van der Waals surface area contributed by atoms with Gasteiger partial charge in [-0.2, -0.15) is 5.10 Å². The molecule has 0 bridgehead atoms. The molecule has 0 aliphatic heterocycles. The molecule has 0 saturated heterocycles. The van der Waals surface area contributed by atoms with Gasteiger partial charge < -0.3 is 14.7 Å². The number of nitrogens with one attached hydrogen (secondary N) is 2. The molecule has 0 radical (unpaired) electrons. The maximum atomic E-state index is 13.5.